The third-order valence-corrected chi connectivity index (χ3v) is 0.354. The molecule has 1 saturated carbocycles. The Balaban J connectivity index is 0.0000000900. The predicted molar refractivity (Wildman–Crippen MR) is 13.9 cm³/mol. The van der Waals surface area contributed by atoms with Gasteiger partial charge in [-0.15, -0.1) is 0 Å². The van der Waals surface area contributed by atoms with Crippen LogP contribution in [0.2, 0.25) is 0 Å². The van der Waals surface area contributed by atoms with Crippen LogP contribution in [0.4, 0.5) is 0 Å². The average molecular weight is 77.5 g/mol. The van der Waals surface area contributed by atoms with E-state index in [1.807, 2.05) is 0 Å². The van der Waals surface area contributed by atoms with E-state index >= 15 is 0 Å². The van der Waals surface area contributed by atoms with Crippen LogP contribution in [0.5, 0.6) is 0 Å². The van der Waals surface area contributed by atoms with Crippen molar-refractivity contribution in [2.45, 2.75) is 19.3 Å². The Morgan fingerprint density at radius 1 is 0.750 bits per heavy atom. The minimum Gasteiger partial charge on any atom is -1.00 e. The van der Waals surface area contributed by atoms with E-state index in [2.05, 4.69) is 0 Å². The average Bonchev–Trinajstić information content (AvgIpc) is 1.46. The minimum atomic E-state index is 0. The molecule has 0 radical (unpaired) electrons. The third kappa shape index (κ3) is 2.29. The molecular weight excluding hydrogens is 71.5 g/mol. The number of hydrogen-bond donors (Lipinski definition) is 0. The van der Waals surface area contributed by atoms with Crippen molar-refractivity contribution < 1.29 is 12.4 Å². The normalized spacial score (nSPS) is 18.0. The zero-order valence-corrected chi connectivity index (χ0v) is 3.26. The van der Waals surface area contributed by atoms with Crippen molar-refractivity contribution in [1.29, 1.82) is 0 Å². The SMILES string of the molecule is C1CC1.[Cl-]. The molecule has 0 saturated heterocycles. The Kier molecular flexibility index (Phi) is 1.71. The van der Waals surface area contributed by atoms with E-state index in [9.17, 15) is 0 Å². The van der Waals surface area contributed by atoms with Crippen LogP contribution in [0.25, 0.3) is 0 Å². The van der Waals surface area contributed by atoms with Crippen LogP contribution < -0.4 is 12.4 Å². The first-order valence-electron chi connectivity index (χ1n) is 1.50. The summed E-state index contributed by atoms with van der Waals surface area (Å²) in [6, 6.07) is 0. The summed E-state index contributed by atoms with van der Waals surface area (Å²) in [6.45, 7) is 0. The van der Waals surface area contributed by atoms with Gasteiger partial charge >= 0.3 is 0 Å². The van der Waals surface area contributed by atoms with Crippen molar-refractivity contribution in [2.24, 2.45) is 0 Å². The van der Waals surface area contributed by atoms with Gasteiger partial charge < -0.3 is 12.4 Å². The molecule has 0 spiro atoms. The molecule has 1 aliphatic rings. The van der Waals surface area contributed by atoms with Crippen molar-refractivity contribution in [2.75, 3.05) is 0 Å². The highest BCUT2D eigenvalue weighted by molar-refractivity contribution is 4.50. The highest BCUT2D eigenvalue weighted by Gasteiger charge is 1.95. The van der Waals surface area contributed by atoms with E-state index < -0.39 is 0 Å². The van der Waals surface area contributed by atoms with Gasteiger partial charge in [0.25, 0.3) is 0 Å². The summed E-state index contributed by atoms with van der Waals surface area (Å²) in [5.74, 6) is 0. The zero-order chi connectivity index (χ0) is 2.12. The maximum absolute atomic E-state index is 1.50. The van der Waals surface area contributed by atoms with Crippen LogP contribution in [0.3, 0.4) is 0 Å². The number of hydrogen-bond acceptors (Lipinski definition) is 0. The van der Waals surface area contributed by atoms with Crippen LogP contribution in [0, 0.1) is 0 Å². The third-order valence-electron chi connectivity index (χ3n) is 0.354. The van der Waals surface area contributed by atoms with Crippen LogP contribution >= 0.6 is 0 Å². The van der Waals surface area contributed by atoms with E-state index in [0.29, 0.717) is 0 Å². The number of halogens is 1. The van der Waals surface area contributed by atoms with Gasteiger partial charge in [0.1, 0.15) is 0 Å². The molecule has 0 unspecified atom stereocenters. The summed E-state index contributed by atoms with van der Waals surface area (Å²) < 4.78 is 0. The van der Waals surface area contributed by atoms with Gasteiger partial charge in [-0.25, -0.2) is 0 Å². The van der Waals surface area contributed by atoms with Gasteiger partial charge in [-0.05, 0) is 0 Å². The first kappa shape index (κ1) is 4.29. The zero-order valence-electron chi connectivity index (χ0n) is 2.50. The summed E-state index contributed by atoms with van der Waals surface area (Å²) >= 11 is 0. The predicted octanol–water partition coefficient (Wildman–Crippen LogP) is -1.83. The molecule has 0 aromatic heterocycles. The Hall–Kier alpha value is 0.290. The van der Waals surface area contributed by atoms with Crippen LogP contribution in [0.15, 0.2) is 0 Å². The van der Waals surface area contributed by atoms with Gasteiger partial charge in [-0.1, -0.05) is 19.3 Å². The van der Waals surface area contributed by atoms with Crippen LogP contribution in [0.1, 0.15) is 19.3 Å². The highest BCUT2D eigenvalue weighted by atomic mass is 35.5. The first-order chi connectivity index (χ1) is 1.50. The lowest BCUT2D eigenvalue weighted by molar-refractivity contribution is -0.000000666. The molecule has 0 N–H and O–H groups in total. The topological polar surface area (TPSA) is 0 Å². The van der Waals surface area contributed by atoms with Gasteiger partial charge in [-0.3, -0.25) is 0 Å². The summed E-state index contributed by atoms with van der Waals surface area (Å²) in [5.41, 5.74) is 0. The van der Waals surface area contributed by atoms with Crippen molar-refractivity contribution in [3.05, 3.63) is 0 Å². The van der Waals surface area contributed by atoms with Gasteiger partial charge in [0, 0.05) is 0 Å². The highest BCUT2D eigenvalue weighted by Crippen LogP contribution is 2.14. The lowest BCUT2D eigenvalue weighted by atomic mass is 11.0. The lowest BCUT2D eigenvalue weighted by Crippen LogP contribution is -3.00. The summed E-state index contributed by atoms with van der Waals surface area (Å²) in [4.78, 5) is 0. The maximum atomic E-state index is 1.50. The van der Waals surface area contributed by atoms with Gasteiger partial charge in [-0.2, -0.15) is 0 Å². The fourth-order valence-electron chi connectivity index (χ4n) is 0. The molecule has 0 bridgehead atoms. The standard InChI is InChI=1S/C3H6.ClH/c1-2-3-1;/h1-3H2;1H/p-1. The van der Waals surface area contributed by atoms with Crippen molar-refractivity contribution in [3.8, 4) is 0 Å². The molecule has 0 aliphatic heterocycles. The fraction of sp³-hybridized carbons (Fsp3) is 1.00. The number of rotatable bonds is 0. The molecule has 1 fully saturated rings. The summed E-state index contributed by atoms with van der Waals surface area (Å²) in [6.07, 6.45) is 4.50. The second-order valence-electron chi connectivity index (χ2n) is 1.06. The van der Waals surface area contributed by atoms with Gasteiger partial charge in [0.15, 0.2) is 0 Å². The summed E-state index contributed by atoms with van der Waals surface area (Å²) in [7, 11) is 0. The van der Waals surface area contributed by atoms with Crippen LogP contribution in [-0.4, -0.2) is 0 Å². The molecule has 26 valence electrons. The van der Waals surface area contributed by atoms with E-state index in [1.54, 1.807) is 0 Å². The Labute approximate surface area is 32.6 Å². The van der Waals surface area contributed by atoms with E-state index in [-0.39, 0.29) is 12.4 Å². The molecule has 0 atom stereocenters. The summed E-state index contributed by atoms with van der Waals surface area (Å²) in [5, 5.41) is 0. The van der Waals surface area contributed by atoms with Gasteiger partial charge in [0.05, 0.1) is 0 Å². The molecular formula is C3H6Cl-. The monoisotopic (exact) mass is 77.0 g/mol. The smallest absolute Gasteiger partial charge is 0.0533 e. The van der Waals surface area contributed by atoms with E-state index in [1.165, 1.54) is 19.3 Å². The molecule has 1 rings (SSSR count). The van der Waals surface area contributed by atoms with Crippen LogP contribution in [-0.2, 0) is 0 Å². The molecule has 0 amide bonds. The Morgan fingerprint density at radius 2 is 1.00 bits per heavy atom. The maximum Gasteiger partial charge on any atom is -0.0533 e. The molecule has 0 aromatic rings. The second kappa shape index (κ2) is 1.59. The van der Waals surface area contributed by atoms with Crippen molar-refractivity contribution in [1.82, 2.24) is 0 Å². The Morgan fingerprint density at radius 3 is 1.00 bits per heavy atom. The second-order valence-corrected chi connectivity index (χ2v) is 1.06. The van der Waals surface area contributed by atoms with Crippen molar-refractivity contribution >= 4 is 0 Å². The Bertz CT molecular complexity index is 8.00. The molecule has 0 aromatic carbocycles. The quantitative estimate of drug-likeness (QED) is 0.319. The first-order valence-corrected chi connectivity index (χ1v) is 1.50. The molecule has 1 heteroatoms. The van der Waals surface area contributed by atoms with Crippen molar-refractivity contribution in [3.63, 3.8) is 0 Å². The molecule has 1 aliphatic carbocycles. The fourth-order valence-corrected chi connectivity index (χ4v) is 0. The van der Waals surface area contributed by atoms with E-state index in [4.69, 9.17) is 0 Å². The minimum absolute atomic E-state index is 0. The largest absolute Gasteiger partial charge is 1.00 e. The van der Waals surface area contributed by atoms with Gasteiger partial charge in [0.2, 0.25) is 0 Å². The molecule has 4 heavy (non-hydrogen) atoms. The molecule has 0 heterocycles. The molecule has 0 nitrogen and oxygen atoms in total. The lowest BCUT2D eigenvalue weighted by Gasteiger charge is -1.05. The van der Waals surface area contributed by atoms with E-state index in [0.717, 1.165) is 0 Å².